The number of carboxylic acids is 1. The number of anilines is 2. The third-order valence-corrected chi connectivity index (χ3v) is 7.15. The monoisotopic (exact) mass is 560 g/mol. The number of hydrogen-bond acceptors (Lipinski definition) is 9. The quantitative estimate of drug-likeness (QED) is 0.460. The molecule has 12 nitrogen and oxygen atoms in total. The van der Waals surface area contributed by atoms with Gasteiger partial charge in [-0.15, -0.1) is 0 Å². The lowest BCUT2D eigenvalue weighted by atomic mass is 10.1. The lowest BCUT2D eigenvalue weighted by Crippen LogP contribution is -2.49. The molecule has 12 heteroatoms. The van der Waals surface area contributed by atoms with Crippen LogP contribution < -0.4 is 14.5 Å². The molecule has 2 aliphatic heterocycles. The molecular weight excluding hydrogens is 528 g/mol. The smallest absolute Gasteiger partial charge is 0.415 e. The van der Waals surface area contributed by atoms with Crippen LogP contribution in [0.5, 0.6) is 5.75 Å². The highest BCUT2D eigenvalue weighted by Gasteiger charge is 2.23. The molecule has 5 rings (SSSR count). The summed E-state index contributed by atoms with van der Waals surface area (Å²) in [6, 6.07) is 14.0. The Morgan fingerprint density at radius 2 is 1.59 bits per heavy atom. The van der Waals surface area contributed by atoms with Crippen molar-refractivity contribution in [1.29, 1.82) is 0 Å². The summed E-state index contributed by atoms with van der Waals surface area (Å²) >= 11 is 0. The van der Waals surface area contributed by atoms with Gasteiger partial charge in [0.25, 0.3) is 5.91 Å². The van der Waals surface area contributed by atoms with Crippen molar-refractivity contribution in [2.45, 2.75) is 6.54 Å². The zero-order valence-electron chi connectivity index (χ0n) is 22.8. The van der Waals surface area contributed by atoms with Crippen LogP contribution in [-0.2, 0) is 11.3 Å². The number of morpholine rings is 1. The van der Waals surface area contributed by atoms with Gasteiger partial charge in [-0.05, 0) is 48.5 Å². The highest BCUT2D eigenvalue weighted by Crippen LogP contribution is 2.21. The van der Waals surface area contributed by atoms with E-state index in [1.54, 1.807) is 30.1 Å². The standard InChI is InChI=1S/C29H32N6O6/c1-32(27(36)21-3-6-24(7-4-21)34-14-16-40-17-15-34)26-9-8-25(19-31-26)41-29(39)35-12-10-33(11-13-35)20-23-5-2-22(18-30-23)28(37)38/h2-9,18-19H,10-17,20H2,1H3,(H,37,38). The first-order valence-corrected chi connectivity index (χ1v) is 13.4. The fraction of sp³-hybridized carbons (Fsp3) is 0.345. The maximum absolute atomic E-state index is 13.0. The fourth-order valence-corrected chi connectivity index (χ4v) is 4.69. The summed E-state index contributed by atoms with van der Waals surface area (Å²) in [5.41, 5.74) is 2.53. The second-order valence-corrected chi connectivity index (χ2v) is 9.84. The number of piperazine rings is 1. The maximum Gasteiger partial charge on any atom is 0.415 e. The van der Waals surface area contributed by atoms with Crippen molar-refractivity contribution in [3.63, 3.8) is 0 Å². The number of carbonyl (C=O) groups excluding carboxylic acids is 2. The zero-order valence-corrected chi connectivity index (χ0v) is 22.8. The molecule has 1 aromatic carbocycles. The van der Waals surface area contributed by atoms with E-state index in [0.717, 1.165) is 24.5 Å². The molecule has 0 atom stereocenters. The number of amides is 2. The van der Waals surface area contributed by atoms with Crippen LogP contribution in [0.2, 0.25) is 0 Å². The van der Waals surface area contributed by atoms with Gasteiger partial charge in [0.15, 0.2) is 5.75 Å². The van der Waals surface area contributed by atoms with Crippen LogP contribution in [0.4, 0.5) is 16.3 Å². The number of hydrogen-bond donors (Lipinski definition) is 1. The van der Waals surface area contributed by atoms with Gasteiger partial charge < -0.3 is 24.4 Å². The Bertz CT molecular complexity index is 1350. The minimum Gasteiger partial charge on any atom is -0.478 e. The van der Waals surface area contributed by atoms with E-state index in [0.29, 0.717) is 63.1 Å². The van der Waals surface area contributed by atoms with Gasteiger partial charge in [-0.3, -0.25) is 19.6 Å². The molecule has 4 heterocycles. The van der Waals surface area contributed by atoms with Crippen LogP contribution >= 0.6 is 0 Å². The molecule has 2 aliphatic rings. The van der Waals surface area contributed by atoms with E-state index in [1.165, 1.54) is 23.4 Å². The molecule has 41 heavy (non-hydrogen) atoms. The maximum atomic E-state index is 13.0. The van der Waals surface area contributed by atoms with Gasteiger partial charge in [0, 0.05) is 70.3 Å². The molecule has 2 aromatic heterocycles. The highest BCUT2D eigenvalue weighted by molar-refractivity contribution is 6.05. The number of aromatic carboxylic acids is 1. The molecule has 0 radical (unpaired) electrons. The van der Waals surface area contributed by atoms with Crippen LogP contribution in [0.3, 0.4) is 0 Å². The summed E-state index contributed by atoms with van der Waals surface area (Å²) in [6.07, 6.45) is 2.32. The van der Waals surface area contributed by atoms with E-state index in [2.05, 4.69) is 19.8 Å². The predicted octanol–water partition coefficient (Wildman–Crippen LogP) is 2.60. The van der Waals surface area contributed by atoms with E-state index < -0.39 is 12.1 Å². The average molecular weight is 561 g/mol. The number of pyridine rings is 2. The summed E-state index contributed by atoms with van der Waals surface area (Å²) in [5.74, 6) is -0.473. The first-order valence-electron chi connectivity index (χ1n) is 13.4. The summed E-state index contributed by atoms with van der Waals surface area (Å²) in [5, 5.41) is 9.01. The first kappa shape index (κ1) is 28.0. The Kier molecular flexibility index (Phi) is 8.70. The van der Waals surface area contributed by atoms with Crippen molar-refractivity contribution in [3.8, 4) is 5.75 Å². The van der Waals surface area contributed by atoms with Crippen molar-refractivity contribution < 1.29 is 29.0 Å². The van der Waals surface area contributed by atoms with E-state index in [4.69, 9.17) is 14.6 Å². The van der Waals surface area contributed by atoms with Crippen molar-refractivity contribution in [3.05, 3.63) is 77.7 Å². The Morgan fingerprint density at radius 3 is 2.20 bits per heavy atom. The molecule has 214 valence electrons. The molecular formula is C29H32N6O6. The number of ether oxygens (including phenoxy) is 2. The zero-order chi connectivity index (χ0) is 28.8. The highest BCUT2D eigenvalue weighted by atomic mass is 16.6. The molecule has 0 saturated carbocycles. The SMILES string of the molecule is CN(C(=O)c1ccc(N2CCOCC2)cc1)c1ccc(OC(=O)N2CCN(Cc3ccc(C(=O)O)cn3)CC2)cn1. The van der Waals surface area contributed by atoms with Gasteiger partial charge in [-0.25, -0.2) is 14.6 Å². The summed E-state index contributed by atoms with van der Waals surface area (Å²) < 4.78 is 10.9. The largest absolute Gasteiger partial charge is 0.478 e. The van der Waals surface area contributed by atoms with Crippen molar-refractivity contribution in [2.24, 2.45) is 0 Å². The topological polar surface area (TPSA) is 129 Å². The summed E-state index contributed by atoms with van der Waals surface area (Å²) in [6.45, 7) is 5.86. The van der Waals surface area contributed by atoms with Crippen molar-refractivity contribution in [2.75, 3.05) is 69.3 Å². The molecule has 2 saturated heterocycles. The van der Waals surface area contributed by atoms with Gasteiger partial charge >= 0.3 is 12.1 Å². The Labute approximate surface area is 237 Å². The van der Waals surface area contributed by atoms with Crippen LogP contribution in [0.25, 0.3) is 0 Å². The number of carbonyl (C=O) groups is 3. The molecule has 0 spiro atoms. The van der Waals surface area contributed by atoms with Gasteiger partial charge in [0.2, 0.25) is 0 Å². The molecule has 0 unspecified atom stereocenters. The first-order chi connectivity index (χ1) is 19.9. The number of carboxylic acid groups (broad SMARTS) is 1. The number of aromatic nitrogens is 2. The third kappa shape index (κ3) is 6.97. The Morgan fingerprint density at radius 1 is 0.878 bits per heavy atom. The van der Waals surface area contributed by atoms with Gasteiger partial charge in [0.05, 0.1) is 30.7 Å². The lowest BCUT2D eigenvalue weighted by molar-refractivity contribution is 0.0696. The van der Waals surface area contributed by atoms with E-state index in [9.17, 15) is 14.4 Å². The van der Waals surface area contributed by atoms with Crippen molar-refractivity contribution >= 4 is 29.5 Å². The average Bonchev–Trinajstić information content (AvgIpc) is 3.02. The second kappa shape index (κ2) is 12.7. The van der Waals surface area contributed by atoms with Crippen LogP contribution in [0.1, 0.15) is 26.4 Å². The molecule has 0 aliphatic carbocycles. The van der Waals surface area contributed by atoms with Crippen LogP contribution in [0, 0.1) is 0 Å². The van der Waals surface area contributed by atoms with E-state index >= 15 is 0 Å². The van der Waals surface area contributed by atoms with E-state index in [1.807, 2.05) is 24.3 Å². The van der Waals surface area contributed by atoms with Crippen LogP contribution in [0.15, 0.2) is 60.9 Å². The molecule has 2 amide bonds. The predicted molar refractivity (Wildman–Crippen MR) is 151 cm³/mol. The van der Waals surface area contributed by atoms with Gasteiger partial charge in [-0.1, -0.05) is 0 Å². The molecule has 2 fully saturated rings. The minimum absolute atomic E-state index is 0.150. The fourth-order valence-electron chi connectivity index (χ4n) is 4.69. The Hall–Kier alpha value is -4.55. The van der Waals surface area contributed by atoms with E-state index in [-0.39, 0.29) is 11.5 Å². The molecule has 0 bridgehead atoms. The normalized spacial score (nSPS) is 15.8. The molecule has 1 N–H and O–H groups in total. The summed E-state index contributed by atoms with van der Waals surface area (Å²) in [7, 11) is 1.65. The number of benzene rings is 1. The second-order valence-electron chi connectivity index (χ2n) is 9.84. The lowest BCUT2D eigenvalue weighted by Gasteiger charge is -2.33. The molecule has 3 aromatic rings. The summed E-state index contributed by atoms with van der Waals surface area (Å²) in [4.78, 5) is 52.7. The van der Waals surface area contributed by atoms with Crippen LogP contribution in [-0.4, -0.2) is 102 Å². The minimum atomic E-state index is -1.01. The Balaban J connectivity index is 1.09. The van der Waals surface area contributed by atoms with Gasteiger partial charge in [0.1, 0.15) is 5.82 Å². The number of nitrogens with zero attached hydrogens (tertiary/aromatic N) is 6. The van der Waals surface area contributed by atoms with Gasteiger partial charge in [-0.2, -0.15) is 0 Å². The number of rotatable bonds is 7. The third-order valence-electron chi connectivity index (χ3n) is 7.15. The van der Waals surface area contributed by atoms with Crippen molar-refractivity contribution in [1.82, 2.24) is 19.8 Å².